The summed E-state index contributed by atoms with van der Waals surface area (Å²) >= 11 is 6.30. The first-order chi connectivity index (χ1) is 8.61. The van der Waals surface area contributed by atoms with E-state index in [1.54, 1.807) is 6.07 Å². The minimum Gasteiger partial charge on any atom is -0.367 e. The molecule has 1 aromatic carbocycles. The molecule has 0 radical (unpaired) electrons. The van der Waals surface area contributed by atoms with Crippen molar-refractivity contribution in [2.24, 2.45) is 5.92 Å². The molecule has 0 saturated heterocycles. The van der Waals surface area contributed by atoms with Crippen molar-refractivity contribution in [2.75, 3.05) is 11.4 Å². The number of benzene rings is 1. The molecule has 2 rings (SSSR count). The molecule has 0 amide bonds. The first kappa shape index (κ1) is 13.2. The fourth-order valence-electron chi connectivity index (χ4n) is 2.09. The Hall–Kier alpha value is -1.20. The topological polar surface area (TPSA) is 27.0 Å². The molecule has 1 aliphatic carbocycles. The third kappa shape index (κ3) is 3.17. The molecule has 18 heavy (non-hydrogen) atoms. The van der Waals surface area contributed by atoms with Gasteiger partial charge in [-0.3, -0.25) is 0 Å². The van der Waals surface area contributed by atoms with E-state index in [-0.39, 0.29) is 0 Å². The fraction of sp³-hybridized carbons (Fsp3) is 0.533. The first-order valence-electron chi connectivity index (χ1n) is 6.58. The van der Waals surface area contributed by atoms with E-state index in [2.05, 4.69) is 24.8 Å². The van der Waals surface area contributed by atoms with E-state index >= 15 is 0 Å². The summed E-state index contributed by atoms with van der Waals surface area (Å²) in [5.41, 5.74) is 1.71. The van der Waals surface area contributed by atoms with Gasteiger partial charge in [-0.05, 0) is 43.4 Å². The maximum Gasteiger partial charge on any atom is 0.0992 e. The Morgan fingerprint density at radius 1 is 1.44 bits per heavy atom. The van der Waals surface area contributed by atoms with E-state index in [9.17, 15) is 0 Å². The van der Waals surface area contributed by atoms with E-state index in [4.69, 9.17) is 16.9 Å². The summed E-state index contributed by atoms with van der Waals surface area (Å²) in [5.74, 6) is 0.698. The third-order valence-electron chi connectivity index (χ3n) is 3.32. The van der Waals surface area contributed by atoms with Crippen molar-refractivity contribution in [3.05, 3.63) is 28.8 Å². The normalized spacial score (nSPS) is 14.6. The third-order valence-corrected chi connectivity index (χ3v) is 3.62. The van der Waals surface area contributed by atoms with Crippen molar-refractivity contribution in [3.63, 3.8) is 0 Å². The van der Waals surface area contributed by atoms with Crippen LogP contribution in [0.5, 0.6) is 0 Å². The molecule has 0 bridgehead atoms. The molecule has 0 spiro atoms. The predicted molar refractivity (Wildman–Crippen MR) is 76.0 cm³/mol. The Bertz CT molecular complexity index is 458. The second-order valence-corrected chi connectivity index (χ2v) is 5.79. The Balaban J connectivity index is 2.17. The van der Waals surface area contributed by atoms with E-state index in [0.717, 1.165) is 12.2 Å². The molecule has 0 N–H and O–H groups in total. The van der Waals surface area contributed by atoms with Crippen LogP contribution in [-0.2, 0) is 0 Å². The molecule has 0 unspecified atom stereocenters. The van der Waals surface area contributed by atoms with Crippen LogP contribution in [0.15, 0.2) is 18.2 Å². The van der Waals surface area contributed by atoms with Gasteiger partial charge in [-0.2, -0.15) is 5.26 Å². The zero-order chi connectivity index (χ0) is 13.1. The summed E-state index contributed by atoms with van der Waals surface area (Å²) in [6.45, 7) is 5.53. The number of hydrogen-bond donors (Lipinski definition) is 0. The van der Waals surface area contributed by atoms with Gasteiger partial charge in [0.15, 0.2) is 0 Å². The van der Waals surface area contributed by atoms with Crippen LogP contribution in [0.3, 0.4) is 0 Å². The number of halogens is 1. The highest BCUT2D eigenvalue weighted by Crippen LogP contribution is 2.36. The molecular weight excluding hydrogens is 244 g/mol. The van der Waals surface area contributed by atoms with Gasteiger partial charge in [0.1, 0.15) is 0 Å². The quantitative estimate of drug-likeness (QED) is 0.794. The second kappa shape index (κ2) is 5.63. The molecule has 96 valence electrons. The van der Waals surface area contributed by atoms with Crippen LogP contribution >= 0.6 is 11.6 Å². The van der Waals surface area contributed by atoms with Crippen molar-refractivity contribution >= 4 is 17.3 Å². The molecule has 0 heterocycles. The second-order valence-electron chi connectivity index (χ2n) is 5.39. The summed E-state index contributed by atoms with van der Waals surface area (Å²) in [4.78, 5) is 2.41. The standard InChI is InChI=1S/C15H19ClN2/c1-11(2)7-8-18(13-4-5-13)15-6-3-12(10-17)9-14(15)16/h3,6,9,11,13H,4-5,7-8H2,1-2H3. The lowest BCUT2D eigenvalue weighted by Crippen LogP contribution is -2.28. The highest BCUT2D eigenvalue weighted by atomic mass is 35.5. The van der Waals surface area contributed by atoms with Gasteiger partial charge < -0.3 is 4.90 Å². The van der Waals surface area contributed by atoms with Gasteiger partial charge in [0.25, 0.3) is 0 Å². The monoisotopic (exact) mass is 262 g/mol. The van der Waals surface area contributed by atoms with Gasteiger partial charge in [0.05, 0.1) is 22.3 Å². The predicted octanol–water partition coefficient (Wildman–Crippen LogP) is 4.23. The zero-order valence-electron chi connectivity index (χ0n) is 11.0. The molecule has 0 atom stereocenters. The van der Waals surface area contributed by atoms with E-state index in [1.165, 1.54) is 19.3 Å². The van der Waals surface area contributed by atoms with Crippen molar-refractivity contribution in [2.45, 2.75) is 39.2 Å². The van der Waals surface area contributed by atoms with Gasteiger partial charge in [0, 0.05) is 12.6 Å². The summed E-state index contributed by atoms with van der Waals surface area (Å²) < 4.78 is 0. The number of nitriles is 1. The van der Waals surface area contributed by atoms with E-state index < -0.39 is 0 Å². The fourth-order valence-corrected chi connectivity index (χ4v) is 2.38. The van der Waals surface area contributed by atoms with Gasteiger partial charge >= 0.3 is 0 Å². The van der Waals surface area contributed by atoms with Crippen molar-refractivity contribution < 1.29 is 0 Å². The molecule has 0 aliphatic heterocycles. The molecule has 1 saturated carbocycles. The molecule has 2 nitrogen and oxygen atoms in total. The summed E-state index contributed by atoms with van der Waals surface area (Å²) in [7, 11) is 0. The lowest BCUT2D eigenvalue weighted by molar-refractivity contribution is 0.571. The smallest absolute Gasteiger partial charge is 0.0992 e. The lowest BCUT2D eigenvalue weighted by Gasteiger charge is -2.26. The average Bonchev–Trinajstić information content (AvgIpc) is 3.15. The highest BCUT2D eigenvalue weighted by Gasteiger charge is 2.30. The average molecular weight is 263 g/mol. The SMILES string of the molecule is CC(C)CCN(c1ccc(C#N)cc1Cl)C1CC1. The minimum absolute atomic E-state index is 0.628. The van der Waals surface area contributed by atoms with Crippen LogP contribution in [0.1, 0.15) is 38.7 Å². The Morgan fingerprint density at radius 2 is 2.17 bits per heavy atom. The van der Waals surface area contributed by atoms with Crippen LogP contribution in [0.25, 0.3) is 0 Å². The number of hydrogen-bond acceptors (Lipinski definition) is 2. The van der Waals surface area contributed by atoms with Gasteiger partial charge in [0.2, 0.25) is 0 Å². The van der Waals surface area contributed by atoms with Gasteiger partial charge in [-0.1, -0.05) is 25.4 Å². The Morgan fingerprint density at radius 3 is 2.67 bits per heavy atom. The van der Waals surface area contributed by atoms with Gasteiger partial charge in [-0.15, -0.1) is 0 Å². The van der Waals surface area contributed by atoms with E-state index in [1.807, 2.05) is 12.1 Å². The van der Waals surface area contributed by atoms with E-state index in [0.29, 0.717) is 22.5 Å². The Kier molecular flexibility index (Phi) is 4.14. The summed E-state index contributed by atoms with van der Waals surface area (Å²) in [6, 6.07) is 8.38. The molecule has 1 aliphatic rings. The van der Waals surface area contributed by atoms with Crippen molar-refractivity contribution in [1.29, 1.82) is 5.26 Å². The number of rotatable bonds is 5. The van der Waals surface area contributed by atoms with Crippen LogP contribution < -0.4 is 4.90 Å². The van der Waals surface area contributed by atoms with Crippen LogP contribution in [0.4, 0.5) is 5.69 Å². The zero-order valence-corrected chi connectivity index (χ0v) is 11.7. The molecular formula is C15H19ClN2. The molecule has 1 aromatic rings. The van der Waals surface area contributed by atoms with Crippen LogP contribution in [-0.4, -0.2) is 12.6 Å². The maximum absolute atomic E-state index is 8.87. The largest absolute Gasteiger partial charge is 0.367 e. The minimum atomic E-state index is 0.628. The molecule has 1 fully saturated rings. The Labute approximate surface area is 114 Å². The van der Waals surface area contributed by atoms with Crippen LogP contribution in [0, 0.1) is 17.2 Å². The van der Waals surface area contributed by atoms with Crippen molar-refractivity contribution in [1.82, 2.24) is 0 Å². The first-order valence-corrected chi connectivity index (χ1v) is 6.96. The van der Waals surface area contributed by atoms with Crippen molar-refractivity contribution in [3.8, 4) is 6.07 Å². The lowest BCUT2D eigenvalue weighted by atomic mass is 10.1. The maximum atomic E-state index is 8.87. The summed E-state index contributed by atoms with van der Waals surface area (Å²) in [6.07, 6.45) is 3.69. The summed E-state index contributed by atoms with van der Waals surface area (Å²) in [5, 5.41) is 9.57. The van der Waals surface area contributed by atoms with Crippen LogP contribution in [0.2, 0.25) is 5.02 Å². The molecule has 3 heteroatoms. The number of anilines is 1. The van der Waals surface area contributed by atoms with Gasteiger partial charge in [-0.25, -0.2) is 0 Å². The number of nitrogens with zero attached hydrogens (tertiary/aromatic N) is 2. The highest BCUT2D eigenvalue weighted by molar-refractivity contribution is 6.33. The molecule has 0 aromatic heterocycles.